The monoisotopic (exact) mass is 924 g/mol. The zero-order valence-corrected chi connectivity index (χ0v) is 39.7. The van der Waals surface area contributed by atoms with Crippen molar-refractivity contribution in [3.05, 3.63) is 149 Å². The molecule has 2 atom stereocenters. The van der Waals surface area contributed by atoms with Crippen LogP contribution in [-0.2, 0) is 9.59 Å². The Kier molecular flexibility index (Phi) is 19.2. The Labute approximate surface area is 398 Å². The lowest BCUT2D eigenvalue weighted by molar-refractivity contribution is -0.140. The molecule has 2 aromatic heterocycles. The fourth-order valence-corrected chi connectivity index (χ4v) is 7.24. The van der Waals surface area contributed by atoms with E-state index in [4.69, 9.17) is 43.9 Å². The van der Waals surface area contributed by atoms with Gasteiger partial charge in [0.2, 0.25) is 0 Å². The molecule has 6 rings (SSSR count). The number of nitrogens with zero attached hydrogens (tertiary/aromatic N) is 2. The number of carbonyl (C=O) groups excluding carboxylic acids is 2. The van der Waals surface area contributed by atoms with E-state index in [2.05, 4.69) is 13.8 Å². The molecule has 0 saturated carbocycles. The number of benzene rings is 4. The number of unbranched alkanes of at least 4 members (excludes halogenated alkanes) is 2. The average molecular weight is 925 g/mol. The van der Waals surface area contributed by atoms with Crippen molar-refractivity contribution in [2.45, 2.75) is 92.3 Å². The van der Waals surface area contributed by atoms with Crippen LogP contribution in [0.4, 0.5) is 0 Å². The second kappa shape index (κ2) is 25.4. The highest BCUT2D eigenvalue weighted by Crippen LogP contribution is 2.33. The zero-order chi connectivity index (χ0) is 49.2. The molecule has 0 saturated heterocycles. The number of ether oxygens (including phenoxy) is 5. The Morgan fingerprint density at radius 3 is 1.44 bits per heavy atom. The van der Waals surface area contributed by atoms with Crippen molar-refractivity contribution in [1.29, 1.82) is 0 Å². The predicted molar refractivity (Wildman–Crippen MR) is 260 cm³/mol. The van der Waals surface area contributed by atoms with E-state index in [-0.39, 0.29) is 30.4 Å². The Hall–Kier alpha value is -7.54. The molecule has 0 radical (unpaired) electrons. The van der Waals surface area contributed by atoms with Crippen LogP contribution in [0.3, 0.4) is 0 Å². The number of aromatic nitrogens is 2. The number of Topliss-reactive ketones (excluding diaryl/α,β-unsaturated/α-hetero) is 2. The molecule has 0 bridgehead atoms. The number of hydrogen-bond donors (Lipinski definition) is 2. The molecule has 0 amide bonds. The largest absolute Gasteiger partial charge is 0.496 e. The quantitative estimate of drug-likeness (QED) is 0.0580. The minimum Gasteiger partial charge on any atom is -0.496 e. The first-order chi connectivity index (χ1) is 32.7. The molecular weight excluding hydrogens is 865 g/mol. The molecule has 0 fully saturated rings. The lowest BCUT2D eigenvalue weighted by Crippen LogP contribution is -2.11. The number of aliphatic carboxylic acids is 2. The Morgan fingerprint density at radius 1 is 0.559 bits per heavy atom. The van der Waals surface area contributed by atoms with Crippen LogP contribution in [0, 0.1) is 13.8 Å². The smallest absolute Gasteiger partial charge is 0.341 e. The van der Waals surface area contributed by atoms with Gasteiger partial charge in [-0.25, -0.2) is 19.6 Å². The molecule has 4 aromatic carbocycles. The summed E-state index contributed by atoms with van der Waals surface area (Å²) in [7, 11) is 1.55. The van der Waals surface area contributed by atoms with Gasteiger partial charge in [-0.1, -0.05) is 69.2 Å². The lowest BCUT2D eigenvalue weighted by Gasteiger charge is -2.20. The number of rotatable bonds is 23. The number of carboxylic acid groups (broad SMARTS) is 2. The molecule has 13 heteroatoms. The average Bonchev–Trinajstić information content (AvgIpc) is 3.33. The minimum absolute atomic E-state index is 0.0333. The van der Waals surface area contributed by atoms with E-state index < -0.39 is 18.5 Å². The molecule has 0 spiro atoms. The minimum atomic E-state index is -1.02. The highest BCUT2D eigenvalue weighted by molar-refractivity contribution is 5.97. The number of carboxylic acids is 2. The van der Waals surface area contributed by atoms with Crippen LogP contribution >= 0.6 is 0 Å². The Balaban J connectivity index is 0.000000255. The van der Waals surface area contributed by atoms with Gasteiger partial charge in [0.1, 0.15) is 41.0 Å². The van der Waals surface area contributed by atoms with Gasteiger partial charge in [0.05, 0.1) is 35.4 Å². The normalized spacial score (nSPS) is 11.6. The highest BCUT2D eigenvalue weighted by Gasteiger charge is 2.19. The van der Waals surface area contributed by atoms with Crippen LogP contribution < -0.4 is 23.7 Å². The molecule has 0 unspecified atom stereocenters. The van der Waals surface area contributed by atoms with E-state index in [1.807, 2.05) is 98.8 Å². The third-order valence-electron chi connectivity index (χ3n) is 10.9. The summed E-state index contributed by atoms with van der Waals surface area (Å²) >= 11 is 0. The summed E-state index contributed by atoms with van der Waals surface area (Å²) in [5, 5.41) is 17.7. The van der Waals surface area contributed by atoms with Crippen molar-refractivity contribution in [2.75, 3.05) is 20.3 Å². The van der Waals surface area contributed by atoms with E-state index in [0.29, 0.717) is 39.9 Å². The number of carbonyl (C=O) groups is 4. The highest BCUT2D eigenvalue weighted by atomic mass is 16.5. The van der Waals surface area contributed by atoms with Crippen LogP contribution in [0.5, 0.6) is 28.7 Å². The number of aryl methyl sites for hydroxylation is 2. The maximum atomic E-state index is 11.9. The molecule has 0 aliphatic carbocycles. The van der Waals surface area contributed by atoms with Crippen molar-refractivity contribution < 1.29 is 53.1 Å². The van der Waals surface area contributed by atoms with Crippen LogP contribution in [0.2, 0.25) is 0 Å². The topological polar surface area (TPSA) is 181 Å². The summed E-state index contributed by atoms with van der Waals surface area (Å²) in [5.74, 6) is 0.808. The maximum absolute atomic E-state index is 11.9. The van der Waals surface area contributed by atoms with Crippen molar-refractivity contribution in [3.63, 3.8) is 0 Å². The van der Waals surface area contributed by atoms with Crippen LogP contribution in [0.15, 0.2) is 115 Å². The van der Waals surface area contributed by atoms with Crippen LogP contribution in [0.25, 0.3) is 22.5 Å². The van der Waals surface area contributed by atoms with Crippen LogP contribution in [-0.4, -0.2) is 64.0 Å². The Morgan fingerprint density at radius 2 is 1.03 bits per heavy atom. The second-order valence-electron chi connectivity index (χ2n) is 16.2. The summed E-state index contributed by atoms with van der Waals surface area (Å²) in [5.41, 5.74) is 7.79. The molecule has 356 valence electrons. The van der Waals surface area contributed by atoms with Crippen molar-refractivity contribution in [1.82, 2.24) is 9.97 Å². The first-order valence-corrected chi connectivity index (χ1v) is 22.7. The molecule has 68 heavy (non-hydrogen) atoms. The molecule has 0 aliphatic heterocycles. The van der Waals surface area contributed by atoms with Gasteiger partial charge in [-0.2, -0.15) is 0 Å². The fraction of sp³-hybridized carbons (Fsp3) is 0.309. The first-order valence-electron chi connectivity index (χ1n) is 22.7. The molecule has 6 aromatic rings. The van der Waals surface area contributed by atoms with E-state index >= 15 is 0 Å². The van der Waals surface area contributed by atoms with Crippen LogP contribution in [0.1, 0.15) is 122 Å². The van der Waals surface area contributed by atoms with Gasteiger partial charge < -0.3 is 33.9 Å². The van der Waals surface area contributed by atoms with E-state index in [1.54, 1.807) is 44.4 Å². The summed E-state index contributed by atoms with van der Waals surface area (Å²) in [4.78, 5) is 54.7. The fourth-order valence-electron chi connectivity index (χ4n) is 7.24. The second-order valence-corrected chi connectivity index (χ2v) is 16.2. The number of methoxy groups -OCH3 is 1. The number of pyridine rings is 2. The summed E-state index contributed by atoms with van der Waals surface area (Å²) in [6.45, 7) is 10.3. The SMILES string of the molecule is CCCC[C@H](Oc1ccc(OCC(=O)O)c(C)c1)c1cccc(-c2ccc(C(C)=O)c(OC)c2)n1.CCCC[C@H](Oc1ccc(OCC(=O)O)c(C)c1)c1cccc(-c2ccc(C(C)=O)cc2)n1. The van der Waals surface area contributed by atoms with Crippen molar-refractivity contribution >= 4 is 23.5 Å². The van der Waals surface area contributed by atoms with Gasteiger partial charge in [-0.05, 0) is 137 Å². The first kappa shape index (κ1) is 51.4. The van der Waals surface area contributed by atoms with E-state index in [0.717, 1.165) is 83.6 Å². The summed E-state index contributed by atoms with van der Waals surface area (Å²) in [6, 6.07) is 35.3. The van der Waals surface area contributed by atoms with Gasteiger partial charge >= 0.3 is 11.9 Å². The van der Waals surface area contributed by atoms with E-state index in [9.17, 15) is 19.2 Å². The summed E-state index contributed by atoms with van der Waals surface area (Å²) < 4.78 is 28.7. The molecular formula is C55H60N2O11. The number of hydrogen-bond acceptors (Lipinski definition) is 11. The van der Waals surface area contributed by atoms with Crippen molar-refractivity contribution in [2.24, 2.45) is 0 Å². The Bertz CT molecular complexity index is 2660. The molecule has 13 nitrogen and oxygen atoms in total. The summed E-state index contributed by atoms with van der Waals surface area (Å²) in [6.07, 6.45) is 5.11. The lowest BCUT2D eigenvalue weighted by atomic mass is 10.0. The third-order valence-corrected chi connectivity index (χ3v) is 10.9. The van der Waals surface area contributed by atoms with Crippen molar-refractivity contribution in [3.8, 4) is 51.3 Å². The van der Waals surface area contributed by atoms with Gasteiger partial charge in [0, 0.05) is 16.7 Å². The third kappa shape index (κ3) is 15.0. The standard InChI is InChI=1S/C28H31NO6.C27H29NO5/c1-5-6-10-26(35-21-12-14-25(18(2)15-21)34-17-28(31)32)24-9-7-8-23(29-24)20-11-13-22(19(3)30)27(16-20)33-4;1-4-5-9-26(33-22-14-15-25(18(2)16-22)32-17-27(30)31)24-8-6-7-23(28-24)21-12-10-20(11-13-21)19(3)29/h7-9,11-16,26H,5-6,10,17H2,1-4H3,(H,31,32);6-8,10-16,26H,4-5,9,17H2,1-3H3,(H,30,31)/t2*26-/m00/s1. The van der Waals surface area contributed by atoms with Gasteiger partial charge in [0.25, 0.3) is 0 Å². The predicted octanol–water partition coefficient (Wildman–Crippen LogP) is 12.1. The van der Waals surface area contributed by atoms with E-state index in [1.165, 1.54) is 6.92 Å². The van der Waals surface area contributed by atoms with Gasteiger partial charge in [-0.15, -0.1) is 0 Å². The van der Waals surface area contributed by atoms with Gasteiger partial charge in [0.15, 0.2) is 24.8 Å². The molecule has 2 heterocycles. The number of ketones is 2. The molecule has 0 aliphatic rings. The van der Waals surface area contributed by atoms with Gasteiger partial charge in [-0.3, -0.25) is 9.59 Å². The maximum Gasteiger partial charge on any atom is 0.341 e. The zero-order valence-electron chi connectivity index (χ0n) is 39.7. The molecule has 2 N–H and O–H groups in total.